The van der Waals surface area contributed by atoms with Crippen molar-refractivity contribution in [2.24, 2.45) is 5.73 Å². The standard InChI is InChI=1S/C15H27N3O2/c1-5-13(16)10-15(19)18(9-8-17(3)4)11-14-7-6-12(2)20-14/h6-7,13H,5,8-11,16H2,1-4H3. The zero-order valence-electron chi connectivity index (χ0n) is 13.1. The van der Waals surface area contributed by atoms with Crippen LogP contribution in [0.15, 0.2) is 16.5 Å². The highest BCUT2D eigenvalue weighted by Gasteiger charge is 2.18. The third kappa shape index (κ3) is 5.75. The van der Waals surface area contributed by atoms with Crippen molar-refractivity contribution in [3.8, 4) is 0 Å². The lowest BCUT2D eigenvalue weighted by atomic mass is 10.1. The molecule has 2 N–H and O–H groups in total. The molecule has 1 aromatic rings. The molecular formula is C15H27N3O2. The van der Waals surface area contributed by atoms with Gasteiger partial charge in [0.1, 0.15) is 11.5 Å². The summed E-state index contributed by atoms with van der Waals surface area (Å²) in [5.41, 5.74) is 5.88. The van der Waals surface area contributed by atoms with Crippen molar-refractivity contribution in [1.29, 1.82) is 0 Å². The number of aryl methyl sites for hydroxylation is 1. The van der Waals surface area contributed by atoms with E-state index in [4.69, 9.17) is 10.2 Å². The van der Waals surface area contributed by atoms with Crippen LogP contribution in [0.5, 0.6) is 0 Å². The molecule has 1 heterocycles. The van der Waals surface area contributed by atoms with Crippen LogP contribution in [0.4, 0.5) is 0 Å². The van der Waals surface area contributed by atoms with Crippen molar-refractivity contribution in [2.75, 3.05) is 27.2 Å². The minimum atomic E-state index is -0.0670. The third-order valence-corrected chi connectivity index (χ3v) is 3.27. The quantitative estimate of drug-likeness (QED) is 0.786. The molecule has 1 aromatic heterocycles. The van der Waals surface area contributed by atoms with Gasteiger partial charge in [-0.1, -0.05) is 6.92 Å². The Hall–Kier alpha value is -1.33. The second kappa shape index (κ2) is 8.07. The van der Waals surface area contributed by atoms with Crippen molar-refractivity contribution in [2.45, 2.75) is 39.3 Å². The molecular weight excluding hydrogens is 254 g/mol. The minimum Gasteiger partial charge on any atom is -0.464 e. The molecule has 0 fully saturated rings. The Kier molecular flexibility index (Phi) is 6.75. The Morgan fingerprint density at radius 1 is 1.35 bits per heavy atom. The van der Waals surface area contributed by atoms with E-state index in [1.165, 1.54) is 0 Å². The smallest absolute Gasteiger partial charge is 0.224 e. The molecule has 1 atom stereocenters. The predicted molar refractivity (Wildman–Crippen MR) is 80.3 cm³/mol. The van der Waals surface area contributed by atoms with Gasteiger partial charge in [0.25, 0.3) is 0 Å². The molecule has 0 aliphatic heterocycles. The van der Waals surface area contributed by atoms with Gasteiger partial charge in [-0.2, -0.15) is 0 Å². The number of nitrogens with two attached hydrogens (primary N) is 1. The molecule has 5 heteroatoms. The van der Waals surface area contributed by atoms with Crippen molar-refractivity contribution in [1.82, 2.24) is 9.80 Å². The van der Waals surface area contributed by atoms with Gasteiger partial charge in [0.15, 0.2) is 0 Å². The molecule has 0 spiro atoms. The van der Waals surface area contributed by atoms with Gasteiger partial charge in [-0.15, -0.1) is 0 Å². The molecule has 0 radical (unpaired) electrons. The molecule has 1 rings (SSSR count). The number of carbonyl (C=O) groups excluding carboxylic acids is 1. The Morgan fingerprint density at radius 3 is 2.55 bits per heavy atom. The highest BCUT2D eigenvalue weighted by molar-refractivity contribution is 5.76. The van der Waals surface area contributed by atoms with E-state index in [0.29, 0.717) is 19.5 Å². The lowest BCUT2D eigenvalue weighted by Crippen LogP contribution is -2.39. The summed E-state index contributed by atoms with van der Waals surface area (Å²) >= 11 is 0. The Balaban J connectivity index is 2.65. The maximum absolute atomic E-state index is 12.3. The summed E-state index contributed by atoms with van der Waals surface area (Å²) in [5.74, 6) is 1.78. The molecule has 114 valence electrons. The summed E-state index contributed by atoms with van der Waals surface area (Å²) in [6.45, 7) is 5.92. The molecule has 0 saturated heterocycles. The molecule has 0 saturated carbocycles. The van der Waals surface area contributed by atoms with E-state index in [1.54, 1.807) is 0 Å². The van der Waals surface area contributed by atoms with E-state index in [2.05, 4.69) is 4.90 Å². The van der Waals surface area contributed by atoms with E-state index in [9.17, 15) is 4.79 Å². The molecule has 0 aromatic carbocycles. The average Bonchev–Trinajstić information content (AvgIpc) is 2.79. The van der Waals surface area contributed by atoms with Crippen molar-refractivity contribution in [3.63, 3.8) is 0 Å². The fourth-order valence-corrected chi connectivity index (χ4v) is 1.87. The molecule has 0 aliphatic rings. The van der Waals surface area contributed by atoms with E-state index in [-0.39, 0.29) is 11.9 Å². The van der Waals surface area contributed by atoms with Gasteiger partial charge in [0.2, 0.25) is 5.91 Å². The number of hydrogen-bond acceptors (Lipinski definition) is 4. The second-order valence-corrected chi connectivity index (χ2v) is 5.50. The predicted octanol–water partition coefficient (Wildman–Crippen LogP) is 1.61. The van der Waals surface area contributed by atoms with Crippen LogP contribution < -0.4 is 5.73 Å². The second-order valence-electron chi connectivity index (χ2n) is 5.50. The van der Waals surface area contributed by atoms with Gasteiger partial charge in [-0.25, -0.2) is 0 Å². The van der Waals surface area contributed by atoms with Crippen molar-refractivity contribution in [3.05, 3.63) is 23.7 Å². The van der Waals surface area contributed by atoms with Crippen LogP contribution in [0.3, 0.4) is 0 Å². The number of likely N-dealkylation sites (N-methyl/N-ethyl adjacent to an activating group) is 1. The summed E-state index contributed by atoms with van der Waals surface area (Å²) in [4.78, 5) is 16.2. The first-order valence-corrected chi connectivity index (χ1v) is 7.15. The lowest BCUT2D eigenvalue weighted by molar-refractivity contribution is -0.132. The van der Waals surface area contributed by atoms with Crippen molar-refractivity contribution >= 4 is 5.91 Å². The molecule has 1 amide bonds. The highest BCUT2D eigenvalue weighted by atomic mass is 16.3. The zero-order chi connectivity index (χ0) is 15.1. The van der Waals surface area contributed by atoms with Crippen LogP contribution in [0, 0.1) is 6.92 Å². The zero-order valence-corrected chi connectivity index (χ0v) is 13.1. The maximum Gasteiger partial charge on any atom is 0.224 e. The SMILES string of the molecule is CCC(N)CC(=O)N(CCN(C)C)Cc1ccc(C)o1. The normalized spacial score (nSPS) is 12.7. The van der Waals surface area contributed by atoms with Gasteiger partial charge in [-0.3, -0.25) is 4.79 Å². The fourth-order valence-electron chi connectivity index (χ4n) is 1.87. The number of furan rings is 1. The Bertz CT molecular complexity index is 415. The number of hydrogen-bond donors (Lipinski definition) is 1. The topological polar surface area (TPSA) is 62.7 Å². The number of rotatable bonds is 8. The van der Waals surface area contributed by atoms with Crippen molar-refractivity contribution < 1.29 is 9.21 Å². The molecule has 1 unspecified atom stereocenters. The van der Waals surface area contributed by atoms with Gasteiger partial charge in [0.05, 0.1) is 6.54 Å². The van der Waals surface area contributed by atoms with E-state index < -0.39 is 0 Å². The van der Waals surface area contributed by atoms with E-state index >= 15 is 0 Å². The first-order chi connectivity index (χ1) is 9.42. The fraction of sp³-hybridized carbons (Fsp3) is 0.667. The van der Waals surface area contributed by atoms with Crippen LogP contribution in [-0.4, -0.2) is 48.9 Å². The minimum absolute atomic E-state index is 0.0670. The van der Waals surface area contributed by atoms with Gasteiger partial charge < -0.3 is 20.0 Å². The first-order valence-electron chi connectivity index (χ1n) is 7.15. The third-order valence-electron chi connectivity index (χ3n) is 3.27. The van der Waals surface area contributed by atoms with Crippen LogP contribution >= 0.6 is 0 Å². The maximum atomic E-state index is 12.3. The van der Waals surface area contributed by atoms with Gasteiger partial charge in [-0.05, 0) is 39.6 Å². The summed E-state index contributed by atoms with van der Waals surface area (Å²) in [6, 6.07) is 3.77. The van der Waals surface area contributed by atoms with Crippen LogP contribution in [-0.2, 0) is 11.3 Å². The van der Waals surface area contributed by atoms with Gasteiger partial charge >= 0.3 is 0 Å². The molecule has 0 aliphatic carbocycles. The van der Waals surface area contributed by atoms with Crippen LogP contribution in [0.25, 0.3) is 0 Å². The molecule has 5 nitrogen and oxygen atoms in total. The van der Waals surface area contributed by atoms with Crippen LogP contribution in [0.1, 0.15) is 31.3 Å². The summed E-state index contributed by atoms with van der Waals surface area (Å²) < 4.78 is 5.56. The van der Waals surface area contributed by atoms with E-state index in [0.717, 1.165) is 24.5 Å². The Labute approximate surface area is 121 Å². The summed E-state index contributed by atoms with van der Waals surface area (Å²) in [6.07, 6.45) is 1.21. The number of carbonyl (C=O) groups is 1. The highest BCUT2D eigenvalue weighted by Crippen LogP contribution is 2.11. The lowest BCUT2D eigenvalue weighted by Gasteiger charge is -2.24. The monoisotopic (exact) mass is 281 g/mol. The largest absolute Gasteiger partial charge is 0.464 e. The van der Waals surface area contributed by atoms with E-state index in [1.807, 2.05) is 45.0 Å². The number of amides is 1. The molecule has 20 heavy (non-hydrogen) atoms. The average molecular weight is 281 g/mol. The van der Waals surface area contributed by atoms with Crippen LogP contribution in [0.2, 0.25) is 0 Å². The number of nitrogens with zero attached hydrogens (tertiary/aromatic N) is 2. The molecule has 0 bridgehead atoms. The first kappa shape index (κ1) is 16.7. The summed E-state index contributed by atoms with van der Waals surface area (Å²) in [5, 5.41) is 0. The Morgan fingerprint density at radius 2 is 2.05 bits per heavy atom. The van der Waals surface area contributed by atoms with Gasteiger partial charge in [0, 0.05) is 25.6 Å². The summed E-state index contributed by atoms with van der Waals surface area (Å²) in [7, 11) is 3.99.